The Morgan fingerprint density at radius 2 is 2.03 bits per heavy atom. The highest BCUT2D eigenvalue weighted by Crippen LogP contribution is 2.37. The number of hydrogen-bond acceptors (Lipinski definition) is 7. The van der Waals surface area contributed by atoms with Gasteiger partial charge in [0, 0.05) is 25.2 Å². The lowest BCUT2D eigenvalue weighted by Crippen LogP contribution is -2.48. The van der Waals surface area contributed by atoms with Crippen LogP contribution in [0.1, 0.15) is 6.42 Å². The fraction of sp³-hybridized carbons (Fsp3) is 0.429. The highest BCUT2D eigenvalue weighted by atomic mass is 19.1. The molecule has 4 aliphatic heterocycles. The average Bonchev–Trinajstić information content (AvgIpc) is 3.34. The van der Waals surface area contributed by atoms with Crippen molar-refractivity contribution in [3.63, 3.8) is 0 Å². The number of carboxylic acid groups (broad SMARTS) is 1. The highest BCUT2D eigenvalue weighted by Gasteiger charge is 2.52. The second-order valence-electron chi connectivity index (χ2n) is 8.14. The lowest BCUT2D eigenvalue weighted by molar-refractivity contribution is -0.152. The zero-order valence-electron chi connectivity index (χ0n) is 16.9. The van der Waals surface area contributed by atoms with E-state index in [2.05, 4.69) is 4.99 Å². The Morgan fingerprint density at radius 1 is 1.28 bits per heavy atom. The lowest BCUT2D eigenvalue weighted by atomic mass is 9.94. The molecular formula is C21H21F3N4O4. The maximum atomic E-state index is 15.2. The molecular weight excluding hydrogens is 429 g/mol. The third kappa shape index (κ3) is 3.37. The number of rotatable bonds is 2. The van der Waals surface area contributed by atoms with Gasteiger partial charge in [0.1, 0.15) is 23.6 Å². The number of aliphatic imine (C=N–C) groups is 1. The molecule has 0 aliphatic carbocycles. The predicted molar refractivity (Wildman–Crippen MR) is 108 cm³/mol. The zero-order valence-corrected chi connectivity index (χ0v) is 16.9. The van der Waals surface area contributed by atoms with Gasteiger partial charge in [0.25, 0.3) is 0 Å². The van der Waals surface area contributed by atoms with Gasteiger partial charge >= 0.3 is 5.97 Å². The maximum Gasteiger partial charge on any atom is 0.333 e. The molecule has 1 spiro atoms. The summed E-state index contributed by atoms with van der Waals surface area (Å²) in [4.78, 5) is 19.1. The van der Waals surface area contributed by atoms with E-state index in [-0.39, 0.29) is 36.6 Å². The Labute approximate surface area is 181 Å². The molecule has 1 aromatic carbocycles. The number of aliphatic carboxylic acids is 1. The van der Waals surface area contributed by atoms with Crippen molar-refractivity contribution in [3.8, 4) is 0 Å². The van der Waals surface area contributed by atoms with Gasteiger partial charge in [-0.15, -0.1) is 0 Å². The highest BCUT2D eigenvalue weighted by molar-refractivity contribution is 5.92. The van der Waals surface area contributed by atoms with E-state index in [1.165, 1.54) is 23.2 Å². The van der Waals surface area contributed by atoms with Crippen LogP contribution in [-0.4, -0.2) is 72.3 Å². The van der Waals surface area contributed by atoms with Crippen LogP contribution < -0.4 is 10.6 Å². The Bertz CT molecular complexity index is 1050. The number of amidine groups is 1. The summed E-state index contributed by atoms with van der Waals surface area (Å²) < 4.78 is 54.6. The number of hydrogen-bond donors (Lipinski definition) is 2. The number of benzene rings is 1. The quantitative estimate of drug-likeness (QED) is 0.659. The van der Waals surface area contributed by atoms with E-state index >= 15 is 4.39 Å². The van der Waals surface area contributed by atoms with E-state index < -0.39 is 41.8 Å². The summed E-state index contributed by atoms with van der Waals surface area (Å²) >= 11 is 0. The molecule has 4 aliphatic rings. The van der Waals surface area contributed by atoms with Gasteiger partial charge in [0.15, 0.2) is 6.17 Å². The summed E-state index contributed by atoms with van der Waals surface area (Å²) in [7, 11) is 0. The van der Waals surface area contributed by atoms with Crippen molar-refractivity contribution < 1.29 is 32.5 Å². The van der Waals surface area contributed by atoms with Gasteiger partial charge in [-0.3, -0.25) is 0 Å². The number of anilines is 1. The standard InChI is InChI=1S/C21H21F3N4O4/c22-13-1-2-16(14(23)7-13)28-8-12(20(29)30)5-11-6-15(24)19(26-18(11)28)27-9-17(25)21(10-27)31-3-4-32-21/h1-2,6-8,15,17-18H,3-5,9-10,25H2,(H,29,30). The molecule has 2 saturated heterocycles. The Balaban J connectivity index is 1.53. The SMILES string of the molecule is NC1CN(C2=NC3C(=CC2F)CC(C(=O)O)=CN3c2ccc(F)cc2F)CC12OCCO2. The van der Waals surface area contributed by atoms with E-state index in [1.807, 2.05) is 0 Å². The minimum absolute atomic E-state index is 0.0494. The molecule has 170 valence electrons. The Hall–Kier alpha value is -2.89. The van der Waals surface area contributed by atoms with Crippen LogP contribution in [0.3, 0.4) is 0 Å². The van der Waals surface area contributed by atoms with Gasteiger partial charge in [-0.25, -0.2) is 23.0 Å². The van der Waals surface area contributed by atoms with Crippen LogP contribution in [-0.2, 0) is 14.3 Å². The Morgan fingerprint density at radius 3 is 2.72 bits per heavy atom. The number of nitrogens with two attached hydrogens (primary N) is 1. The van der Waals surface area contributed by atoms with Crippen LogP contribution in [0.15, 0.2) is 46.6 Å². The van der Waals surface area contributed by atoms with Crippen molar-refractivity contribution in [1.29, 1.82) is 0 Å². The maximum absolute atomic E-state index is 15.2. The summed E-state index contributed by atoms with van der Waals surface area (Å²) in [5.74, 6) is -3.83. The third-order valence-electron chi connectivity index (χ3n) is 6.10. The molecule has 11 heteroatoms. The number of alkyl halides is 1. The summed E-state index contributed by atoms with van der Waals surface area (Å²) in [6.45, 7) is 1.21. The molecule has 8 nitrogen and oxygen atoms in total. The number of carbonyl (C=O) groups is 1. The van der Waals surface area contributed by atoms with E-state index in [0.717, 1.165) is 6.07 Å². The smallest absolute Gasteiger partial charge is 0.333 e. The van der Waals surface area contributed by atoms with Crippen molar-refractivity contribution in [1.82, 2.24) is 4.90 Å². The second-order valence-corrected chi connectivity index (χ2v) is 8.14. The van der Waals surface area contributed by atoms with Crippen LogP contribution in [0, 0.1) is 11.6 Å². The van der Waals surface area contributed by atoms with E-state index in [1.54, 1.807) is 4.90 Å². The first-order valence-corrected chi connectivity index (χ1v) is 10.2. The molecule has 3 N–H and O–H groups in total. The first kappa shape index (κ1) is 21.0. The molecule has 0 saturated carbocycles. The summed E-state index contributed by atoms with van der Waals surface area (Å²) in [5, 5.41) is 9.49. The van der Waals surface area contributed by atoms with Gasteiger partial charge in [0.05, 0.1) is 37.1 Å². The molecule has 32 heavy (non-hydrogen) atoms. The Kier molecular flexibility index (Phi) is 4.99. The van der Waals surface area contributed by atoms with E-state index in [4.69, 9.17) is 15.2 Å². The monoisotopic (exact) mass is 450 g/mol. The number of ether oxygens (including phenoxy) is 2. The second kappa shape index (κ2) is 7.61. The fourth-order valence-electron chi connectivity index (χ4n) is 4.58. The number of nitrogens with zero attached hydrogens (tertiary/aromatic N) is 3. The van der Waals surface area contributed by atoms with Crippen molar-refractivity contribution >= 4 is 17.5 Å². The summed E-state index contributed by atoms with van der Waals surface area (Å²) in [6, 6.07) is 2.45. The van der Waals surface area contributed by atoms with E-state index in [0.29, 0.717) is 24.9 Å². The van der Waals surface area contributed by atoms with Crippen molar-refractivity contribution in [2.45, 2.75) is 30.6 Å². The van der Waals surface area contributed by atoms with Gasteiger partial charge in [-0.05, 0) is 23.8 Å². The fourth-order valence-corrected chi connectivity index (χ4v) is 4.58. The molecule has 2 fully saturated rings. The minimum Gasteiger partial charge on any atom is -0.478 e. The average molecular weight is 450 g/mol. The first-order valence-electron chi connectivity index (χ1n) is 10.2. The first-order chi connectivity index (χ1) is 15.3. The van der Waals surface area contributed by atoms with Gasteiger partial charge in [-0.1, -0.05) is 0 Å². The van der Waals surface area contributed by atoms with Crippen LogP contribution in [0.25, 0.3) is 0 Å². The van der Waals surface area contributed by atoms with E-state index in [9.17, 15) is 18.7 Å². The third-order valence-corrected chi connectivity index (χ3v) is 6.10. The molecule has 0 aromatic heterocycles. The molecule has 5 rings (SSSR count). The minimum atomic E-state index is -1.61. The topological polar surface area (TPSA) is 101 Å². The predicted octanol–water partition coefficient (Wildman–Crippen LogP) is 1.53. The largest absolute Gasteiger partial charge is 0.478 e. The summed E-state index contributed by atoms with van der Waals surface area (Å²) in [6.07, 6.45) is -0.00622. The summed E-state index contributed by atoms with van der Waals surface area (Å²) in [5.41, 5.74) is 6.44. The number of fused-ring (bicyclic) bond motifs is 1. The van der Waals surface area contributed by atoms with Gasteiger partial charge in [-0.2, -0.15) is 0 Å². The molecule has 1 aromatic rings. The number of dihydropyridines is 1. The van der Waals surface area contributed by atoms with Crippen LogP contribution in [0.4, 0.5) is 18.9 Å². The van der Waals surface area contributed by atoms with Gasteiger partial charge in [0.2, 0.25) is 5.79 Å². The molecule has 0 bridgehead atoms. The number of likely N-dealkylation sites (tertiary alicyclic amines) is 1. The molecule has 0 radical (unpaired) electrons. The van der Waals surface area contributed by atoms with Gasteiger partial charge < -0.3 is 30.1 Å². The van der Waals surface area contributed by atoms with Crippen LogP contribution in [0.5, 0.6) is 0 Å². The van der Waals surface area contributed by atoms with Crippen LogP contribution in [0.2, 0.25) is 0 Å². The van der Waals surface area contributed by atoms with Crippen molar-refractivity contribution in [2.75, 3.05) is 31.2 Å². The van der Waals surface area contributed by atoms with Crippen LogP contribution >= 0.6 is 0 Å². The zero-order chi connectivity index (χ0) is 22.6. The van der Waals surface area contributed by atoms with Crippen molar-refractivity contribution in [2.24, 2.45) is 10.7 Å². The molecule has 3 unspecified atom stereocenters. The number of halogens is 3. The lowest BCUT2D eigenvalue weighted by Gasteiger charge is -2.38. The molecule has 3 atom stereocenters. The molecule has 4 heterocycles. The van der Waals surface area contributed by atoms with Crippen molar-refractivity contribution in [3.05, 3.63) is 53.3 Å². The molecule has 0 amide bonds. The normalized spacial score (nSPS) is 29.0. The number of carboxylic acids is 1.